The highest BCUT2D eigenvalue weighted by Crippen LogP contribution is 2.33. The molecule has 13 heavy (non-hydrogen) atoms. The quantitative estimate of drug-likeness (QED) is 0.709. The van der Waals surface area contributed by atoms with E-state index in [1.54, 1.807) is 0 Å². The van der Waals surface area contributed by atoms with E-state index in [0.29, 0.717) is 17.5 Å². The zero-order chi connectivity index (χ0) is 10.1. The number of rotatable bonds is 2. The molecule has 1 unspecified atom stereocenters. The summed E-state index contributed by atoms with van der Waals surface area (Å²) in [4.78, 5) is 2.59. The Morgan fingerprint density at radius 3 is 2.54 bits per heavy atom. The maximum absolute atomic E-state index is 5.81. The summed E-state index contributed by atoms with van der Waals surface area (Å²) in [6.45, 7) is 11.3. The molecule has 1 fully saturated rings. The van der Waals surface area contributed by atoms with Gasteiger partial charge >= 0.3 is 0 Å². The maximum atomic E-state index is 5.81. The second kappa shape index (κ2) is 3.97. The smallest absolute Gasteiger partial charge is 0.0196 e. The van der Waals surface area contributed by atoms with Gasteiger partial charge in [-0.3, -0.25) is 4.90 Å². The summed E-state index contributed by atoms with van der Waals surface area (Å²) in [7, 11) is 0. The third kappa shape index (κ3) is 2.05. The van der Waals surface area contributed by atoms with E-state index in [-0.39, 0.29) is 0 Å². The Labute approximate surface area is 82.5 Å². The first-order chi connectivity index (χ1) is 6.00. The van der Waals surface area contributed by atoms with Gasteiger partial charge in [0.1, 0.15) is 0 Å². The lowest BCUT2D eigenvalue weighted by atomic mass is 9.78. The van der Waals surface area contributed by atoms with Crippen LogP contribution in [-0.4, -0.2) is 29.6 Å². The van der Waals surface area contributed by atoms with E-state index < -0.39 is 0 Å². The van der Waals surface area contributed by atoms with Gasteiger partial charge in [-0.05, 0) is 59.5 Å². The lowest BCUT2D eigenvalue weighted by Crippen LogP contribution is -2.57. The Morgan fingerprint density at radius 2 is 2.08 bits per heavy atom. The van der Waals surface area contributed by atoms with Crippen molar-refractivity contribution in [2.24, 2.45) is 11.7 Å². The Morgan fingerprint density at radius 1 is 1.46 bits per heavy atom. The number of likely N-dealkylation sites (tertiary alicyclic amines) is 1. The topological polar surface area (TPSA) is 29.3 Å². The molecule has 1 rings (SSSR count). The van der Waals surface area contributed by atoms with Crippen molar-refractivity contribution in [3.8, 4) is 0 Å². The molecule has 1 saturated heterocycles. The van der Waals surface area contributed by atoms with Gasteiger partial charge in [-0.25, -0.2) is 0 Å². The number of nitrogens with zero attached hydrogens (tertiary/aromatic N) is 1. The van der Waals surface area contributed by atoms with Crippen molar-refractivity contribution in [1.29, 1.82) is 0 Å². The van der Waals surface area contributed by atoms with Crippen LogP contribution in [0.5, 0.6) is 0 Å². The maximum Gasteiger partial charge on any atom is 0.0196 e. The molecule has 0 amide bonds. The van der Waals surface area contributed by atoms with Gasteiger partial charge in [0.15, 0.2) is 0 Å². The molecule has 1 aliphatic rings. The average molecular weight is 184 g/mol. The molecule has 2 heteroatoms. The van der Waals surface area contributed by atoms with Crippen molar-refractivity contribution in [2.75, 3.05) is 13.1 Å². The highest BCUT2D eigenvalue weighted by atomic mass is 15.2. The summed E-state index contributed by atoms with van der Waals surface area (Å²) >= 11 is 0. The van der Waals surface area contributed by atoms with Crippen LogP contribution in [-0.2, 0) is 0 Å². The molecule has 0 aromatic heterocycles. The Balaban J connectivity index is 2.74. The van der Waals surface area contributed by atoms with Gasteiger partial charge in [-0.1, -0.05) is 0 Å². The molecule has 78 valence electrons. The van der Waals surface area contributed by atoms with E-state index in [9.17, 15) is 0 Å². The van der Waals surface area contributed by atoms with Gasteiger partial charge in [-0.2, -0.15) is 0 Å². The van der Waals surface area contributed by atoms with E-state index in [1.165, 1.54) is 19.4 Å². The standard InChI is InChI=1S/C11H24N2/c1-9(2)13-7-5-6-10(8-12)11(13,3)4/h9-10H,5-8,12H2,1-4H3. The molecule has 0 spiro atoms. The molecule has 0 aromatic rings. The predicted octanol–water partition coefficient (Wildman–Crippen LogP) is 1.84. The molecule has 0 saturated carbocycles. The van der Waals surface area contributed by atoms with Gasteiger partial charge in [0, 0.05) is 11.6 Å². The first kappa shape index (κ1) is 11.0. The lowest BCUT2D eigenvalue weighted by Gasteiger charge is -2.50. The SMILES string of the molecule is CC(C)N1CCCC(CN)C1(C)C. The fourth-order valence-corrected chi connectivity index (χ4v) is 2.71. The molecular formula is C11H24N2. The van der Waals surface area contributed by atoms with E-state index in [4.69, 9.17) is 5.73 Å². The zero-order valence-electron chi connectivity index (χ0n) is 9.51. The molecule has 0 bridgehead atoms. The van der Waals surface area contributed by atoms with Crippen molar-refractivity contribution in [1.82, 2.24) is 4.90 Å². The van der Waals surface area contributed by atoms with Crippen molar-refractivity contribution in [2.45, 2.75) is 52.1 Å². The predicted molar refractivity (Wildman–Crippen MR) is 57.7 cm³/mol. The first-order valence-electron chi connectivity index (χ1n) is 5.47. The number of nitrogens with two attached hydrogens (primary N) is 1. The molecule has 1 aliphatic heterocycles. The van der Waals surface area contributed by atoms with E-state index in [2.05, 4.69) is 32.6 Å². The molecule has 1 atom stereocenters. The van der Waals surface area contributed by atoms with Gasteiger partial charge < -0.3 is 5.73 Å². The largest absolute Gasteiger partial charge is 0.330 e. The van der Waals surface area contributed by atoms with Crippen LogP contribution in [0.3, 0.4) is 0 Å². The van der Waals surface area contributed by atoms with E-state index in [1.807, 2.05) is 0 Å². The first-order valence-corrected chi connectivity index (χ1v) is 5.47. The minimum atomic E-state index is 0.293. The minimum Gasteiger partial charge on any atom is -0.330 e. The van der Waals surface area contributed by atoms with Crippen molar-refractivity contribution in [3.63, 3.8) is 0 Å². The van der Waals surface area contributed by atoms with Crippen molar-refractivity contribution in [3.05, 3.63) is 0 Å². The van der Waals surface area contributed by atoms with Crippen LogP contribution in [0.2, 0.25) is 0 Å². The molecule has 0 aliphatic carbocycles. The fraction of sp³-hybridized carbons (Fsp3) is 1.00. The van der Waals surface area contributed by atoms with Crippen LogP contribution < -0.4 is 5.73 Å². The number of hydrogen-bond donors (Lipinski definition) is 1. The summed E-state index contributed by atoms with van der Waals surface area (Å²) in [5.41, 5.74) is 6.11. The molecule has 2 N–H and O–H groups in total. The van der Waals surface area contributed by atoms with Crippen LogP contribution >= 0.6 is 0 Å². The number of hydrogen-bond acceptors (Lipinski definition) is 2. The average Bonchev–Trinajstić information content (AvgIpc) is 2.02. The van der Waals surface area contributed by atoms with Crippen LogP contribution in [0, 0.1) is 5.92 Å². The van der Waals surface area contributed by atoms with Crippen molar-refractivity contribution >= 4 is 0 Å². The van der Waals surface area contributed by atoms with Gasteiger partial charge in [0.25, 0.3) is 0 Å². The van der Waals surface area contributed by atoms with E-state index >= 15 is 0 Å². The van der Waals surface area contributed by atoms with Crippen LogP contribution in [0.4, 0.5) is 0 Å². The van der Waals surface area contributed by atoms with Gasteiger partial charge in [0.2, 0.25) is 0 Å². The van der Waals surface area contributed by atoms with Crippen molar-refractivity contribution < 1.29 is 0 Å². The highest BCUT2D eigenvalue weighted by molar-refractivity contribution is 4.94. The molecule has 2 nitrogen and oxygen atoms in total. The molecule has 0 aromatic carbocycles. The summed E-state index contributed by atoms with van der Waals surface area (Å²) in [6.07, 6.45) is 2.61. The monoisotopic (exact) mass is 184 g/mol. The second-order valence-electron chi connectivity index (χ2n) is 5.02. The lowest BCUT2D eigenvalue weighted by molar-refractivity contribution is 0.00164. The Hall–Kier alpha value is -0.0800. The zero-order valence-corrected chi connectivity index (χ0v) is 9.51. The Bertz CT molecular complexity index is 163. The molecular weight excluding hydrogens is 160 g/mol. The summed E-state index contributed by atoms with van der Waals surface area (Å²) in [5, 5.41) is 0. The van der Waals surface area contributed by atoms with Gasteiger partial charge in [-0.15, -0.1) is 0 Å². The fourth-order valence-electron chi connectivity index (χ4n) is 2.71. The summed E-state index contributed by atoms with van der Waals surface area (Å²) in [6, 6.07) is 0.643. The second-order valence-corrected chi connectivity index (χ2v) is 5.02. The van der Waals surface area contributed by atoms with Gasteiger partial charge in [0.05, 0.1) is 0 Å². The normalized spacial score (nSPS) is 29.5. The number of piperidine rings is 1. The Kier molecular flexibility index (Phi) is 3.36. The van der Waals surface area contributed by atoms with E-state index in [0.717, 1.165) is 6.54 Å². The summed E-state index contributed by atoms with van der Waals surface area (Å²) in [5.74, 6) is 0.670. The van der Waals surface area contributed by atoms with Crippen LogP contribution in [0.1, 0.15) is 40.5 Å². The highest BCUT2D eigenvalue weighted by Gasteiger charge is 2.38. The van der Waals surface area contributed by atoms with Crippen LogP contribution in [0.25, 0.3) is 0 Å². The third-order valence-electron chi connectivity index (χ3n) is 3.60. The molecule has 0 radical (unpaired) electrons. The minimum absolute atomic E-state index is 0.293. The van der Waals surface area contributed by atoms with Crippen LogP contribution in [0.15, 0.2) is 0 Å². The molecule has 1 heterocycles. The third-order valence-corrected chi connectivity index (χ3v) is 3.60. The summed E-state index contributed by atoms with van der Waals surface area (Å²) < 4.78 is 0.